The molecule has 0 fully saturated rings. The van der Waals surface area contributed by atoms with Crippen molar-refractivity contribution in [3.63, 3.8) is 0 Å². The van der Waals surface area contributed by atoms with Gasteiger partial charge in [0.15, 0.2) is 11.5 Å². The van der Waals surface area contributed by atoms with E-state index in [4.69, 9.17) is 4.42 Å². The Balaban J connectivity index is 2.15. The van der Waals surface area contributed by atoms with Gasteiger partial charge in [-0.25, -0.2) is 4.98 Å². The van der Waals surface area contributed by atoms with Gasteiger partial charge in [0.2, 0.25) is 0 Å². The Kier molecular flexibility index (Phi) is 2.94. The Bertz CT molecular complexity index is 882. The van der Waals surface area contributed by atoms with Crippen LogP contribution in [0, 0.1) is 6.92 Å². The number of hydrogen-bond acceptors (Lipinski definition) is 7. The second-order valence-electron chi connectivity index (χ2n) is 4.41. The molecule has 0 saturated carbocycles. The van der Waals surface area contributed by atoms with E-state index in [1.54, 1.807) is 19.1 Å². The third-order valence-corrected chi connectivity index (χ3v) is 4.32. The van der Waals surface area contributed by atoms with Crippen molar-refractivity contribution in [3.05, 3.63) is 18.0 Å². The first-order valence-electron chi connectivity index (χ1n) is 5.98. The highest BCUT2D eigenvalue weighted by Crippen LogP contribution is 2.34. The summed E-state index contributed by atoms with van der Waals surface area (Å²) in [5.41, 5.74) is 0.895. The van der Waals surface area contributed by atoms with Gasteiger partial charge in [-0.1, -0.05) is 0 Å². The normalized spacial score (nSPS) is 16.0. The Morgan fingerprint density at radius 2 is 2.19 bits per heavy atom. The number of esters is 1. The van der Waals surface area contributed by atoms with E-state index in [9.17, 15) is 13.2 Å². The highest BCUT2D eigenvalue weighted by molar-refractivity contribution is 7.90. The quantitative estimate of drug-likeness (QED) is 0.830. The van der Waals surface area contributed by atoms with Crippen LogP contribution < -0.4 is 5.32 Å². The van der Waals surface area contributed by atoms with Gasteiger partial charge < -0.3 is 14.5 Å². The molecule has 0 saturated heterocycles. The molecule has 0 bridgehead atoms. The molecular weight excluding hydrogens is 298 g/mol. The van der Waals surface area contributed by atoms with E-state index in [1.807, 2.05) is 0 Å². The van der Waals surface area contributed by atoms with Crippen LogP contribution in [0.4, 0.5) is 5.69 Å². The number of aromatic nitrogens is 1. The summed E-state index contributed by atoms with van der Waals surface area (Å²) >= 11 is 0. The van der Waals surface area contributed by atoms with Crippen molar-refractivity contribution in [2.24, 2.45) is 4.40 Å². The Hall–Kier alpha value is -2.42. The number of anilines is 1. The summed E-state index contributed by atoms with van der Waals surface area (Å²) in [6.45, 7) is 1.63. The molecule has 9 heteroatoms. The van der Waals surface area contributed by atoms with Gasteiger partial charge in [0.1, 0.15) is 22.7 Å². The lowest BCUT2D eigenvalue weighted by atomic mass is 10.2. The Morgan fingerprint density at radius 1 is 1.43 bits per heavy atom. The molecule has 0 spiro atoms. The summed E-state index contributed by atoms with van der Waals surface area (Å²) in [5.74, 6) is -0.217. The number of fused-ring (bicyclic) bond motifs is 3. The van der Waals surface area contributed by atoms with Gasteiger partial charge in [0, 0.05) is 6.92 Å². The maximum Gasteiger partial charge on any atom is 0.313 e. The van der Waals surface area contributed by atoms with Gasteiger partial charge in [-0.15, -0.1) is 4.40 Å². The van der Waals surface area contributed by atoms with Gasteiger partial charge in [0.25, 0.3) is 10.0 Å². The first kappa shape index (κ1) is 13.6. The van der Waals surface area contributed by atoms with Crippen molar-refractivity contribution in [3.8, 4) is 0 Å². The number of carbonyl (C=O) groups is 1. The lowest BCUT2D eigenvalue weighted by Gasteiger charge is -2.17. The summed E-state index contributed by atoms with van der Waals surface area (Å²) in [6, 6.07) is 3.16. The molecule has 2 heterocycles. The number of ether oxygens (including phenoxy) is 1. The zero-order valence-electron chi connectivity index (χ0n) is 11.2. The second-order valence-corrected chi connectivity index (χ2v) is 5.95. The average molecular weight is 309 g/mol. The van der Waals surface area contributed by atoms with Gasteiger partial charge in [-0.3, -0.25) is 4.79 Å². The molecule has 0 atom stereocenters. The summed E-state index contributed by atoms with van der Waals surface area (Å²) in [5, 5.41) is 2.81. The van der Waals surface area contributed by atoms with Crippen molar-refractivity contribution in [2.75, 3.05) is 12.4 Å². The minimum atomic E-state index is -3.96. The van der Waals surface area contributed by atoms with E-state index in [2.05, 4.69) is 19.4 Å². The van der Waals surface area contributed by atoms with E-state index in [0.29, 0.717) is 17.2 Å². The fourth-order valence-electron chi connectivity index (χ4n) is 2.09. The number of oxazole rings is 1. The van der Waals surface area contributed by atoms with E-state index < -0.39 is 16.0 Å². The van der Waals surface area contributed by atoms with Gasteiger partial charge in [-0.05, 0) is 12.1 Å². The number of nitrogens with one attached hydrogen (secondary N) is 1. The zero-order valence-corrected chi connectivity index (χ0v) is 12.0. The molecule has 8 nitrogen and oxygen atoms in total. The van der Waals surface area contributed by atoms with E-state index >= 15 is 0 Å². The molecule has 0 amide bonds. The third kappa shape index (κ3) is 2.25. The lowest BCUT2D eigenvalue weighted by Crippen LogP contribution is -2.24. The number of methoxy groups -OCH3 is 1. The lowest BCUT2D eigenvalue weighted by molar-refractivity contribution is -0.139. The minimum Gasteiger partial charge on any atom is -0.469 e. The molecule has 110 valence electrons. The summed E-state index contributed by atoms with van der Waals surface area (Å²) in [4.78, 5) is 15.3. The molecule has 3 rings (SSSR count). The summed E-state index contributed by atoms with van der Waals surface area (Å²) in [7, 11) is -2.75. The zero-order chi connectivity index (χ0) is 15.2. The predicted octanol–water partition coefficient (Wildman–Crippen LogP) is 1.21. The number of benzene rings is 1. The Labute approximate surface area is 119 Å². The summed E-state index contributed by atoms with van der Waals surface area (Å²) in [6.07, 6.45) is -0.259. The van der Waals surface area contributed by atoms with Crippen molar-refractivity contribution in [1.82, 2.24) is 4.98 Å². The van der Waals surface area contributed by atoms with E-state index in [0.717, 1.165) is 0 Å². The molecule has 1 aromatic heterocycles. The van der Waals surface area contributed by atoms with Gasteiger partial charge in [-0.2, -0.15) is 8.42 Å². The highest BCUT2D eigenvalue weighted by atomic mass is 32.2. The molecule has 0 unspecified atom stereocenters. The van der Waals surface area contributed by atoms with Crippen molar-refractivity contribution in [2.45, 2.75) is 18.2 Å². The van der Waals surface area contributed by atoms with Crippen LogP contribution in [0.2, 0.25) is 0 Å². The minimum absolute atomic E-state index is 0.00826. The van der Waals surface area contributed by atoms with E-state index in [1.165, 1.54) is 7.11 Å². The van der Waals surface area contributed by atoms with Crippen LogP contribution in [0.1, 0.15) is 12.3 Å². The first-order valence-corrected chi connectivity index (χ1v) is 7.42. The number of amidine groups is 1. The van der Waals surface area contributed by atoms with Gasteiger partial charge in [0.05, 0.1) is 12.8 Å². The maximum absolute atomic E-state index is 12.3. The van der Waals surface area contributed by atoms with Crippen LogP contribution in [0.3, 0.4) is 0 Å². The third-order valence-electron chi connectivity index (χ3n) is 2.93. The van der Waals surface area contributed by atoms with Crippen LogP contribution in [0.15, 0.2) is 25.8 Å². The van der Waals surface area contributed by atoms with Gasteiger partial charge >= 0.3 is 5.97 Å². The molecule has 1 aliphatic rings. The SMILES string of the molecule is COC(=O)CC1=NS(=O)(=O)c2c(ccc3oc(C)nc23)N1. The number of rotatable bonds is 2. The molecule has 0 aliphatic carbocycles. The van der Waals surface area contributed by atoms with Crippen molar-refractivity contribution >= 4 is 38.6 Å². The van der Waals surface area contributed by atoms with Crippen LogP contribution in [0.5, 0.6) is 0 Å². The molecular formula is C12H11N3O5S. The second kappa shape index (κ2) is 4.55. The average Bonchev–Trinajstić information content (AvgIpc) is 2.77. The molecule has 2 aromatic rings. The molecule has 1 aliphatic heterocycles. The molecule has 21 heavy (non-hydrogen) atoms. The van der Waals surface area contributed by atoms with Crippen molar-refractivity contribution < 1.29 is 22.4 Å². The van der Waals surface area contributed by atoms with Crippen molar-refractivity contribution in [1.29, 1.82) is 0 Å². The number of sulfonamides is 1. The number of aryl methyl sites for hydroxylation is 1. The van der Waals surface area contributed by atoms with Crippen LogP contribution in [-0.2, 0) is 19.6 Å². The smallest absolute Gasteiger partial charge is 0.313 e. The number of nitrogens with zero attached hydrogens (tertiary/aromatic N) is 2. The summed E-state index contributed by atoms with van der Waals surface area (Å²) < 4.78 is 38.0. The topological polar surface area (TPSA) is 111 Å². The molecule has 1 aromatic carbocycles. The standard InChI is InChI=1S/C12H11N3O5S/c1-6-13-11-8(20-6)4-3-7-12(11)21(17,18)15-9(14-7)5-10(16)19-2/h3-4H,5H2,1-2H3,(H,14,15). The highest BCUT2D eigenvalue weighted by Gasteiger charge is 2.30. The largest absolute Gasteiger partial charge is 0.469 e. The predicted molar refractivity (Wildman–Crippen MR) is 73.6 cm³/mol. The number of hydrogen-bond donors (Lipinski definition) is 1. The van der Waals surface area contributed by atoms with Crippen LogP contribution in [-0.4, -0.2) is 32.3 Å². The van der Waals surface area contributed by atoms with Crippen LogP contribution >= 0.6 is 0 Å². The monoisotopic (exact) mass is 309 g/mol. The number of carbonyl (C=O) groups excluding carboxylic acids is 1. The first-order chi connectivity index (χ1) is 9.90. The van der Waals surface area contributed by atoms with E-state index in [-0.39, 0.29) is 22.7 Å². The maximum atomic E-state index is 12.3. The molecule has 1 N–H and O–H groups in total. The molecule has 0 radical (unpaired) electrons. The van der Waals surface area contributed by atoms with Crippen LogP contribution in [0.25, 0.3) is 11.1 Å². The fourth-order valence-corrected chi connectivity index (χ4v) is 3.37. The Morgan fingerprint density at radius 3 is 2.90 bits per heavy atom. The fraction of sp³-hybridized carbons (Fsp3) is 0.250.